The van der Waals surface area contributed by atoms with E-state index in [9.17, 15) is 0 Å². The van der Waals surface area contributed by atoms with Crippen molar-refractivity contribution >= 4 is 0 Å². The molecular weight excluding hydrogens is 234 g/mol. The van der Waals surface area contributed by atoms with E-state index in [2.05, 4.69) is 15.0 Å². The molecule has 0 aliphatic heterocycles. The van der Waals surface area contributed by atoms with E-state index >= 15 is 0 Å². The second-order valence-corrected chi connectivity index (χ2v) is 4.34. The molecule has 0 aromatic carbocycles. The third-order valence-electron chi connectivity index (χ3n) is 2.85. The minimum atomic E-state index is 0.862. The smallest absolute Gasteiger partial charge is 0.0894 e. The summed E-state index contributed by atoms with van der Waals surface area (Å²) in [6.07, 6.45) is 3.62. The van der Waals surface area contributed by atoms with Gasteiger partial charge in [-0.05, 0) is 42.8 Å². The largest absolute Gasteiger partial charge is 0.255 e. The molecule has 0 spiro atoms. The van der Waals surface area contributed by atoms with Crippen molar-refractivity contribution in [1.29, 1.82) is 0 Å². The lowest BCUT2D eigenvalue weighted by Crippen LogP contribution is -1.91. The molecule has 3 rings (SSSR count). The van der Waals surface area contributed by atoms with Crippen molar-refractivity contribution in [2.75, 3.05) is 0 Å². The van der Waals surface area contributed by atoms with E-state index in [0.717, 1.165) is 28.3 Å². The number of rotatable bonds is 2. The van der Waals surface area contributed by atoms with E-state index in [1.807, 2.05) is 61.7 Å². The van der Waals surface area contributed by atoms with Crippen molar-refractivity contribution in [2.24, 2.45) is 0 Å². The lowest BCUT2D eigenvalue weighted by Gasteiger charge is -2.04. The maximum atomic E-state index is 4.62. The average Bonchev–Trinajstić information content (AvgIpc) is 2.49. The van der Waals surface area contributed by atoms with Crippen LogP contribution in [0.4, 0.5) is 0 Å². The first-order chi connectivity index (χ1) is 9.33. The average molecular weight is 247 g/mol. The molecule has 0 atom stereocenters. The first-order valence-corrected chi connectivity index (χ1v) is 6.14. The van der Waals surface area contributed by atoms with Crippen molar-refractivity contribution in [1.82, 2.24) is 15.0 Å². The minimum Gasteiger partial charge on any atom is -0.255 e. The molecule has 3 aromatic heterocycles. The molecule has 0 bridgehead atoms. The van der Waals surface area contributed by atoms with Crippen molar-refractivity contribution in [2.45, 2.75) is 6.92 Å². The highest BCUT2D eigenvalue weighted by Crippen LogP contribution is 2.19. The first kappa shape index (κ1) is 11.5. The molecule has 0 radical (unpaired) electrons. The third-order valence-corrected chi connectivity index (χ3v) is 2.85. The second kappa shape index (κ2) is 4.98. The fraction of sp³-hybridized carbons (Fsp3) is 0.0625. The van der Waals surface area contributed by atoms with Crippen LogP contribution in [0.5, 0.6) is 0 Å². The molecule has 0 saturated heterocycles. The van der Waals surface area contributed by atoms with Crippen LogP contribution in [0.25, 0.3) is 22.8 Å². The van der Waals surface area contributed by atoms with Crippen LogP contribution in [0.2, 0.25) is 0 Å². The van der Waals surface area contributed by atoms with Crippen molar-refractivity contribution in [3.05, 3.63) is 66.5 Å². The van der Waals surface area contributed by atoms with Crippen LogP contribution in [0.1, 0.15) is 5.56 Å². The van der Waals surface area contributed by atoms with Crippen LogP contribution in [0.15, 0.2) is 60.9 Å². The Kier molecular flexibility index (Phi) is 3.02. The molecule has 19 heavy (non-hydrogen) atoms. The van der Waals surface area contributed by atoms with E-state index in [1.165, 1.54) is 0 Å². The van der Waals surface area contributed by atoms with Gasteiger partial charge in [0.1, 0.15) is 0 Å². The molecular formula is C16H13N3. The van der Waals surface area contributed by atoms with Crippen molar-refractivity contribution < 1.29 is 0 Å². The molecule has 92 valence electrons. The standard InChI is InChI=1S/C16H13N3/c1-12-8-9-14(18-11-12)16-7-4-6-15(19-16)13-5-2-3-10-17-13/h2-11H,1H3. The molecule has 0 amide bonds. The maximum Gasteiger partial charge on any atom is 0.0894 e. The highest BCUT2D eigenvalue weighted by molar-refractivity contribution is 5.61. The Hall–Kier alpha value is -2.55. The van der Waals surface area contributed by atoms with E-state index in [0.29, 0.717) is 0 Å². The molecule has 0 unspecified atom stereocenters. The predicted molar refractivity (Wildman–Crippen MR) is 75.4 cm³/mol. The number of nitrogens with zero attached hydrogens (tertiary/aromatic N) is 3. The lowest BCUT2D eigenvalue weighted by atomic mass is 10.2. The quantitative estimate of drug-likeness (QED) is 0.695. The molecule has 3 heteroatoms. The number of hydrogen-bond donors (Lipinski definition) is 0. The van der Waals surface area contributed by atoms with Crippen LogP contribution in [0, 0.1) is 6.92 Å². The Morgan fingerprint density at radius 1 is 0.684 bits per heavy atom. The number of aromatic nitrogens is 3. The summed E-state index contributed by atoms with van der Waals surface area (Å²) < 4.78 is 0. The number of pyridine rings is 3. The highest BCUT2D eigenvalue weighted by Gasteiger charge is 2.04. The Bertz CT molecular complexity index is 676. The number of hydrogen-bond acceptors (Lipinski definition) is 3. The van der Waals surface area contributed by atoms with Gasteiger partial charge in [0, 0.05) is 12.4 Å². The van der Waals surface area contributed by atoms with Crippen LogP contribution in [0.3, 0.4) is 0 Å². The van der Waals surface area contributed by atoms with Crippen LogP contribution in [-0.2, 0) is 0 Å². The Labute approximate surface area is 112 Å². The molecule has 3 nitrogen and oxygen atoms in total. The first-order valence-electron chi connectivity index (χ1n) is 6.14. The Balaban J connectivity index is 2.03. The SMILES string of the molecule is Cc1ccc(-c2cccc(-c3ccccn3)n2)nc1. The van der Waals surface area contributed by atoms with Crippen LogP contribution in [-0.4, -0.2) is 15.0 Å². The summed E-state index contributed by atoms with van der Waals surface area (Å²) in [5.41, 5.74) is 4.62. The highest BCUT2D eigenvalue weighted by atomic mass is 14.8. The molecule has 0 N–H and O–H groups in total. The van der Waals surface area contributed by atoms with Gasteiger partial charge in [-0.1, -0.05) is 18.2 Å². The van der Waals surface area contributed by atoms with Gasteiger partial charge in [-0.3, -0.25) is 9.97 Å². The molecule has 3 heterocycles. The summed E-state index contributed by atoms with van der Waals surface area (Å²) in [6, 6.07) is 15.7. The predicted octanol–water partition coefficient (Wildman–Crippen LogP) is 3.51. The van der Waals surface area contributed by atoms with Gasteiger partial charge in [0.2, 0.25) is 0 Å². The van der Waals surface area contributed by atoms with Gasteiger partial charge >= 0.3 is 0 Å². The Morgan fingerprint density at radius 2 is 1.42 bits per heavy atom. The van der Waals surface area contributed by atoms with Gasteiger partial charge in [0.25, 0.3) is 0 Å². The van der Waals surface area contributed by atoms with Gasteiger partial charge in [0.05, 0.1) is 22.8 Å². The fourth-order valence-corrected chi connectivity index (χ4v) is 1.85. The second-order valence-electron chi connectivity index (χ2n) is 4.34. The van der Waals surface area contributed by atoms with Crippen LogP contribution >= 0.6 is 0 Å². The fourth-order valence-electron chi connectivity index (χ4n) is 1.85. The number of aryl methyl sites for hydroxylation is 1. The zero-order valence-corrected chi connectivity index (χ0v) is 10.6. The van der Waals surface area contributed by atoms with E-state index in [1.54, 1.807) is 6.20 Å². The molecule has 0 aliphatic rings. The summed E-state index contributed by atoms with van der Waals surface area (Å²) >= 11 is 0. The normalized spacial score (nSPS) is 10.4. The van der Waals surface area contributed by atoms with Gasteiger partial charge in [0.15, 0.2) is 0 Å². The maximum absolute atomic E-state index is 4.62. The summed E-state index contributed by atoms with van der Waals surface area (Å²) in [6.45, 7) is 2.02. The van der Waals surface area contributed by atoms with Gasteiger partial charge in [-0.2, -0.15) is 0 Å². The topological polar surface area (TPSA) is 38.7 Å². The van der Waals surface area contributed by atoms with Crippen LogP contribution < -0.4 is 0 Å². The monoisotopic (exact) mass is 247 g/mol. The lowest BCUT2D eigenvalue weighted by molar-refractivity contribution is 1.20. The summed E-state index contributed by atoms with van der Waals surface area (Å²) in [7, 11) is 0. The van der Waals surface area contributed by atoms with E-state index in [4.69, 9.17) is 0 Å². The van der Waals surface area contributed by atoms with E-state index in [-0.39, 0.29) is 0 Å². The minimum absolute atomic E-state index is 0.862. The molecule has 0 aliphatic carbocycles. The van der Waals surface area contributed by atoms with Crippen molar-refractivity contribution in [3.63, 3.8) is 0 Å². The summed E-state index contributed by atoms with van der Waals surface area (Å²) in [5.74, 6) is 0. The van der Waals surface area contributed by atoms with Gasteiger partial charge in [-0.25, -0.2) is 4.98 Å². The zero-order valence-electron chi connectivity index (χ0n) is 10.6. The third kappa shape index (κ3) is 2.50. The molecule has 3 aromatic rings. The summed E-state index contributed by atoms with van der Waals surface area (Å²) in [5, 5.41) is 0. The molecule has 0 fully saturated rings. The zero-order chi connectivity index (χ0) is 13.1. The Morgan fingerprint density at radius 3 is 2.05 bits per heavy atom. The van der Waals surface area contributed by atoms with E-state index < -0.39 is 0 Å². The van der Waals surface area contributed by atoms with Gasteiger partial charge in [-0.15, -0.1) is 0 Å². The van der Waals surface area contributed by atoms with Crippen molar-refractivity contribution in [3.8, 4) is 22.8 Å². The van der Waals surface area contributed by atoms with Gasteiger partial charge < -0.3 is 0 Å². The molecule has 0 saturated carbocycles. The summed E-state index contributed by atoms with van der Waals surface area (Å²) in [4.78, 5) is 13.3.